The van der Waals surface area contributed by atoms with Crippen molar-refractivity contribution in [3.8, 4) is 11.4 Å². The Bertz CT molecular complexity index is 480. The third kappa shape index (κ3) is 1.76. The monoisotopic (exact) mass is 198 g/mol. The van der Waals surface area contributed by atoms with Gasteiger partial charge in [0.15, 0.2) is 0 Å². The molecule has 0 saturated carbocycles. The Kier molecular flexibility index (Phi) is 2.54. The molecule has 2 aromatic rings. The first-order valence-electron chi connectivity index (χ1n) is 4.65. The molecule has 0 radical (unpaired) electrons. The summed E-state index contributed by atoms with van der Waals surface area (Å²) in [5.74, 6) is 0. The Morgan fingerprint density at radius 1 is 1.13 bits per heavy atom. The van der Waals surface area contributed by atoms with Crippen LogP contribution in [0.2, 0.25) is 0 Å². The lowest BCUT2D eigenvalue weighted by atomic mass is 10.1. The summed E-state index contributed by atoms with van der Waals surface area (Å²) in [6.07, 6.45) is 4.17. The lowest BCUT2D eigenvalue weighted by molar-refractivity contribution is 0.112. The minimum absolute atomic E-state index is 0.658. The number of carbonyl (C=O) groups excluding carboxylic acids is 1. The van der Waals surface area contributed by atoms with Gasteiger partial charge in [-0.1, -0.05) is 6.07 Å². The fourth-order valence-corrected chi connectivity index (χ4v) is 1.44. The zero-order chi connectivity index (χ0) is 10.7. The van der Waals surface area contributed by atoms with Gasteiger partial charge >= 0.3 is 0 Å². The van der Waals surface area contributed by atoms with E-state index in [4.69, 9.17) is 0 Å². The van der Waals surface area contributed by atoms with E-state index in [1.165, 1.54) is 0 Å². The molecule has 0 spiro atoms. The van der Waals surface area contributed by atoms with E-state index in [0.717, 1.165) is 23.2 Å². The molecular weight excluding hydrogens is 188 g/mol. The first-order valence-corrected chi connectivity index (χ1v) is 4.65. The van der Waals surface area contributed by atoms with E-state index in [1.54, 1.807) is 18.5 Å². The number of hydrogen-bond donors (Lipinski definition) is 0. The average molecular weight is 198 g/mol. The fourth-order valence-electron chi connectivity index (χ4n) is 1.44. The molecule has 2 heterocycles. The highest BCUT2D eigenvalue weighted by molar-refractivity contribution is 5.80. The molecule has 0 aliphatic carbocycles. The van der Waals surface area contributed by atoms with E-state index in [0.29, 0.717) is 5.56 Å². The molecule has 0 saturated heterocycles. The summed E-state index contributed by atoms with van der Waals surface area (Å²) in [7, 11) is 0. The maximum absolute atomic E-state index is 10.8. The number of nitrogens with zero attached hydrogens (tertiary/aromatic N) is 2. The van der Waals surface area contributed by atoms with Crippen LogP contribution in [0.4, 0.5) is 0 Å². The van der Waals surface area contributed by atoms with Gasteiger partial charge in [-0.05, 0) is 30.7 Å². The predicted molar refractivity (Wildman–Crippen MR) is 57.6 cm³/mol. The van der Waals surface area contributed by atoms with Crippen LogP contribution in [-0.2, 0) is 0 Å². The molecule has 0 aliphatic rings. The van der Waals surface area contributed by atoms with Crippen LogP contribution >= 0.6 is 0 Å². The molecule has 0 aliphatic heterocycles. The molecule has 2 rings (SSSR count). The number of carbonyl (C=O) groups is 1. The van der Waals surface area contributed by atoms with Crippen LogP contribution in [0.1, 0.15) is 15.9 Å². The summed E-state index contributed by atoms with van der Waals surface area (Å²) >= 11 is 0. The van der Waals surface area contributed by atoms with Gasteiger partial charge in [0.2, 0.25) is 0 Å². The largest absolute Gasteiger partial charge is 0.298 e. The molecular formula is C12H10N2O. The van der Waals surface area contributed by atoms with Crippen molar-refractivity contribution in [2.45, 2.75) is 6.92 Å². The Morgan fingerprint density at radius 3 is 2.67 bits per heavy atom. The molecule has 3 heteroatoms. The maximum Gasteiger partial charge on any atom is 0.150 e. The molecule has 0 aromatic carbocycles. The SMILES string of the molecule is Cc1c(C=O)ccnc1-c1ccccn1. The van der Waals surface area contributed by atoms with Crippen LogP contribution < -0.4 is 0 Å². The Hall–Kier alpha value is -2.03. The predicted octanol–water partition coefficient (Wildman–Crippen LogP) is 2.26. The number of aromatic nitrogens is 2. The van der Waals surface area contributed by atoms with Gasteiger partial charge in [0, 0.05) is 18.0 Å². The number of pyridine rings is 2. The molecule has 0 fully saturated rings. The third-order valence-electron chi connectivity index (χ3n) is 2.28. The Morgan fingerprint density at radius 2 is 2.00 bits per heavy atom. The molecule has 0 bridgehead atoms. The van der Waals surface area contributed by atoms with Gasteiger partial charge in [-0.15, -0.1) is 0 Å². The van der Waals surface area contributed by atoms with Crippen molar-refractivity contribution >= 4 is 6.29 Å². The van der Waals surface area contributed by atoms with E-state index < -0.39 is 0 Å². The van der Waals surface area contributed by atoms with Crippen LogP contribution in [0.5, 0.6) is 0 Å². The molecule has 0 atom stereocenters. The van der Waals surface area contributed by atoms with Crippen LogP contribution in [0.25, 0.3) is 11.4 Å². The second kappa shape index (κ2) is 4.00. The van der Waals surface area contributed by atoms with Crippen LogP contribution in [0.15, 0.2) is 36.7 Å². The summed E-state index contributed by atoms with van der Waals surface area (Å²) in [4.78, 5) is 19.2. The van der Waals surface area contributed by atoms with Gasteiger partial charge in [-0.2, -0.15) is 0 Å². The van der Waals surface area contributed by atoms with Gasteiger partial charge < -0.3 is 0 Å². The Labute approximate surface area is 87.8 Å². The van der Waals surface area contributed by atoms with Gasteiger partial charge in [-0.25, -0.2) is 0 Å². The van der Waals surface area contributed by atoms with Crippen molar-refractivity contribution in [2.75, 3.05) is 0 Å². The molecule has 2 aromatic heterocycles. The number of rotatable bonds is 2. The fraction of sp³-hybridized carbons (Fsp3) is 0.0833. The van der Waals surface area contributed by atoms with Gasteiger partial charge in [0.1, 0.15) is 6.29 Å². The molecule has 74 valence electrons. The number of aldehydes is 1. The van der Waals surface area contributed by atoms with Crippen LogP contribution in [-0.4, -0.2) is 16.3 Å². The van der Waals surface area contributed by atoms with Gasteiger partial charge in [0.05, 0.1) is 11.4 Å². The lowest BCUT2D eigenvalue weighted by Crippen LogP contribution is -1.94. The summed E-state index contributed by atoms with van der Waals surface area (Å²) < 4.78 is 0. The quantitative estimate of drug-likeness (QED) is 0.695. The second-order valence-electron chi connectivity index (χ2n) is 3.21. The zero-order valence-electron chi connectivity index (χ0n) is 8.34. The van der Waals surface area contributed by atoms with E-state index >= 15 is 0 Å². The van der Waals surface area contributed by atoms with Crippen LogP contribution in [0, 0.1) is 6.92 Å². The molecule has 0 amide bonds. The molecule has 0 N–H and O–H groups in total. The number of hydrogen-bond acceptors (Lipinski definition) is 3. The van der Waals surface area contributed by atoms with E-state index in [1.807, 2.05) is 25.1 Å². The molecule has 3 nitrogen and oxygen atoms in total. The standard InChI is InChI=1S/C12H10N2O/c1-9-10(8-15)5-7-14-12(9)11-4-2-3-6-13-11/h2-8H,1H3. The van der Waals surface area contributed by atoms with Crippen molar-refractivity contribution in [1.29, 1.82) is 0 Å². The van der Waals surface area contributed by atoms with Crippen LogP contribution in [0.3, 0.4) is 0 Å². The van der Waals surface area contributed by atoms with E-state index in [2.05, 4.69) is 9.97 Å². The van der Waals surface area contributed by atoms with Crippen molar-refractivity contribution in [1.82, 2.24) is 9.97 Å². The van der Waals surface area contributed by atoms with Crippen molar-refractivity contribution < 1.29 is 4.79 Å². The van der Waals surface area contributed by atoms with E-state index in [-0.39, 0.29) is 0 Å². The minimum atomic E-state index is 0.658. The first kappa shape index (κ1) is 9.52. The van der Waals surface area contributed by atoms with Crippen molar-refractivity contribution in [3.63, 3.8) is 0 Å². The minimum Gasteiger partial charge on any atom is -0.298 e. The average Bonchev–Trinajstić information content (AvgIpc) is 2.30. The topological polar surface area (TPSA) is 42.9 Å². The van der Waals surface area contributed by atoms with Crippen molar-refractivity contribution in [2.24, 2.45) is 0 Å². The highest BCUT2D eigenvalue weighted by atomic mass is 16.1. The van der Waals surface area contributed by atoms with Gasteiger partial charge in [-0.3, -0.25) is 14.8 Å². The highest BCUT2D eigenvalue weighted by Gasteiger charge is 2.07. The molecule has 15 heavy (non-hydrogen) atoms. The maximum atomic E-state index is 10.8. The Balaban J connectivity index is 2.59. The van der Waals surface area contributed by atoms with E-state index in [9.17, 15) is 4.79 Å². The summed E-state index contributed by atoms with van der Waals surface area (Å²) in [5, 5.41) is 0. The summed E-state index contributed by atoms with van der Waals surface area (Å²) in [5.41, 5.74) is 3.08. The second-order valence-corrected chi connectivity index (χ2v) is 3.21. The summed E-state index contributed by atoms with van der Waals surface area (Å²) in [6.45, 7) is 1.88. The molecule has 0 unspecified atom stereocenters. The normalized spacial score (nSPS) is 9.93. The smallest absolute Gasteiger partial charge is 0.150 e. The zero-order valence-corrected chi connectivity index (χ0v) is 8.34. The summed E-state index contributed by atoms with van der Waals surface area (Å²) in [6, 6.07) is 7.33. The van der Waals surface area contributed by atoms with Crippen molar-refractivity contribution in [3.05, 3.63) is 47.8 Å². The lowest BCUT2D eigenvalue weighted by Gasteiger charge is -2.05. The third-order valence-corrected chi connectivity index (χ3v) is 2.28. The van der Waals surface area contributed by atoms with Gasteiger partial charge in [0.25, 0.3) is 0 Å². The highest BCUT2D eigenvalue weighted by Crippen LogP contribution is 2.19. The first-order chi connectivity index (χ1) is 7.33.